The van der Waals surface area contributed by atoms with Crippen LogP contribution in [0.1, 0.15) is 36.7 Å². The summed E-state index contributed by atoms with van der Waals surface area (Å²) < 4.78 is 5.14. The average Bonchev–Trinajstić information content (AvgIpc) is 3.17. The third-order valence-electron chi connectivity index (χ3n) is 5.61. The van der Waals surface area contributed by atoms with E-state index < -0.39 is 0 Å². The molecule has 0 bridgehead atoms. The molecule has 1 fully saturated rings. The summed E-state index contributed by atoms with van der Waals surface area (Å²) in [6.07, 6.45) is 0. The molecule has 2 aromatic carbocycles. The van der Waals surface area contributed by atoms with Gasteiger partial charge in [-0.15, -0.1) is 0 Å². The van der Waals surface area contributed by atoms with Crippen molar-refractivity contribution in [1.29, 1.82) is 0 Å². The average molecular weight is 472 g/mol. The van der Waals surface area contributed by atoms with Crippen molar-refractivity contribution in [3.05, 3.63) is 64.7 Å². The van der Waals surface area contributed by atoms with Gasteiger partial charge in [0.1, 0.15) is 19.8 Å². The fourth-order valence-corrected chi connectivity index (χ4v) is 3.70. The van der Waals surface area contributed by atoms with Gasteiger partial charge in [-0.1, -0.05) is 44.5 Å². The molecule has 176 valence electrons. The van der Waals surface area contributed by atoms with Crippen LogP contribution in [0.2, 0.25) is 5.02 Å². The van der Waals surface area contributed by atoms with Gasteiger partial charge < -0.3 is 14.5 Å². The predicted molar refractivity (Wildman–Crippen MR) is 128 cm³/mol. The SMILES string of the molecule is COCCN(CC(=O)N1CC(=O)N(c2ccc(Cl)cc2)C1)C(=O)c1ccc(C(C)(C)C)cc1. The maximum Gasteiger partial charge on any atom is 0.254 e. The quantitative estimate of drug-likeness (QED) is 0.619. The summed E-state index contributed by atoms with van der Waals surface area (Å²) in [4.78, 5) is 43.1. The van der Waals surface area contributed by atoms with Crippen LogP contribution in [-0.2, 0) is 19.7 Å². The Kier molecular flexibility index (Phi) is 7.76. The van der Waals surface area contributed by atoms with Gasteiger partial charge in [0, 0.05) is 29.9 Å². The molecule has 1 aliphatic rings. The topological polar surface area (TPSA) is 70.2 Å². The molecule has 1 aliphatic heterocycles. The molecule has 8 heteroatoms. The van der Waals surface area contributed by atoms with Crippen molar-refractivity contribution in [3.63, 3.8) is 0 Å². The first-order chi connectivity index (χ1) is 15.6. The number of methoxy groups -OCH3 is 1. The monoisotopic (exact) mass is 471 g/mol. The number of amides is 3. The van der Waals surface area contributed by atoms with Crippen LogP contribution in [-0.4, -0.2) is 67.5 Å². The smallest absolute Gasteiger partial charge is 0.254 e. The van der Waals surface area contributed by atoms with Crippen LogP contribution >= 0.6 is 11.6 Å². The van der Waals surface area contributed by atoms with E-state index in [0.29, 0.717) is 22.9 Å². The van der Waals surface area contributed by atoms with E-state index in [2.05, 4.69) is 20.8 Å². The summed E-state index contributed by atoms with van der Waals surface area (Å²) in [5, 5.41) is 0.571. The molecule has 33 heavy (non-hydrogen) atoms. The molecule has 7 nitrogen and oxygen atoms in total. The maximum atomic E-state index is 13.2. The van der Waals surface area contributed by atoms with Crippen molar-refractivity contribution in [2.45, 2.75) is 26.2 Å². The lowest BCUT2D eigenvalue weighted by molar-refractivity contribution is -0.132. The van der Waals surface area contributed by atoms with Gasteiger partial charge in [-0.2, -0.15) is 0 Å². The van der Waals surface area contributed by atoms with Gasteiger partial charge in [-0.25, -0.2) is 0 Å². The van der Waals surface area contributed by atoms with E-state index in [-0.39, 0.29) is 49.4 Å². The highest BCUT2D eigenvalue weighted by Gasteiger charge is 2.33. The van der Waals surface area contributed by atoms with E-state index in [1.165, 1.54) is 14.7 Å². The number of rotatable bonds is 7. The molecule has 1 heterocycles. The Morgan fingerprint density at radius 1 is 1.06 bits per heavy atom. The number of hydrogen-bond donors (Lipinski definition) is 0. The summed E-state index contributed by atoms with van der Waals surface area (Å²) in [7, 11) is 1.55. The molecule has 0 atom stereocenters. The predicted octanol–water partition coefficient (Wildman–Crippen LogP) is 3.56. The Morgan fingerprint density at radius 2 is 1.70 bits per heavy atom. The second kappa shape index (κ2) is 10.4. The minimum absolute atomic E-state index is 0.0223. The van der Waals surface area contributed by atoms with Crippen LogP contribution in [0.25, 0.3) is 0 Å². The van der Waals surface area contributed by atoms with Crippen LogP contribution in [0.15, 0.2) is 48.5 Å². The highest BCUT2D eigenvalue weighted by atomic mass is 35.5. The number of halogens is 1. The van der Waals surface area contributed by atoms with Crippen molar-refractivity contribution in [3.8, 4) is 0 Å². The number of benzene rings is 2. The van der Waals surface area contributed by atoms with Crippen LogP contribution < -0.4 is 4.90 Å². The van der Waals surface area contributed by atoms with E-state index in [0.717, 1.165) is 5.56 Å². The molecule has 2 aromatic rings. The highest BCUT2D eigenvalue weighted by molar-refractivity contribution is 6.30. The summed E-state index contributed by atoms with van der Waals surface area (Å²) in [5.41, 5.74) is 2.28. The third kappa shape index (κ3) is 6.12. The van der Waals surface area contributed by atoms with Gasteiger partial charge in [0.2, 0.25) is 11.8 Å². The minimum Gasteiger partial charge on any atom is -0.383 e. The zero-order chi connectivity index (χ0) is 24.2. The Bertz CT molecular complexity index is 1000. The van der Waals surface area contributed by atoms with Crippen LogP contribution in [0.5, 0.6) is 0 Å². The Balaban J connectivity index is 1.70. The summed E-state index contributed by atoms with van der Waals surface area (Å²) in [6.45, 7) is 6.86. The van der Waals surface area contributed by atoms with E-state index in [9.17, 15) is 14.4 Å². The van der Waals surface area contributed by atoms with Crippen LogP contribution in [0.4, 0.5) is 5.69 Å². The highest BCUT2D eigenvalue weighted by Crippen LogP contribution is 2.23. The van der Waals surface area contributed by atoms with Gasteiger partial charge >= 0.3 is 0 Å². The summed E-state index contributed by atoms with van der Waals surface area (Å²) >= 11 is 5.93. The van der Waals surface area contributed by atoms with Gasteiger partial charge in [0.15, 0.2) is 0 Å². The van der Waals surface area contributed by atoms with E-state index >= 15 is 0 Å². The van der Waals surface area contributed by atoms with E-state index in [4.69, 9.17) is 16.3 Å². The number of hydrogen-bond acceptors (Lipinski definition) is 4. The van der Waals surface area contributed by atoms with Crippen molar-refractivity contribution in [2.75, 3.05) is 44.9 Å². The first-order valence-electron chi connectivity index (χ1n) is 10.8. The van der Waals surface area contributed by atoms with Crippen LogP contribution in [0, 0.1) is 0 Å². The number of ether oxygens (including phenoxy) is 1. The molecule has 0 spiro atoms. The van der Waals surface area contributed by atoms with Gasteiger partial charge in [0.25, 0.3) is 5.91 Å². The van der Waals surface area contributed by atoms with E-state index in [1.807, 2.05) is 12.1 Å². The Hall–Kier alpha value is -2.90. The fourth-order valence-electron chi connectivity index (χ4n) is 3.57. The first kappa shape index (κ1) is 24.7. The van der Waals surface area contributed by atoms with Crippen LogP contribution in [0.3, 0.4) is 0 Å². The largest absolute Gasteiger partial charge is 0.383 e. The Labute approximate surface area is 199 Å². The van der Waals surface area contributed by atoms with E-state index in [1.54, 1.807) is 43.5 Å². The summed E-state index contributed by atoms with van der Waals surface area (Å²) in [6, 6.07) is 14.3. The molecule has 0 radical (unpaired) electrons. The maximum absolute atomic E-state index is 13.2. The molecular formula is C25H30ClN3O4. The molecule has 0 unspecified atom stereocenters. The zero-order valence-corrected chi connectivity index (χ0v) is 20.3. The molecule has 0 saturated carbocycles. The third-order valence-corrected chi connectivity index (χ3v) is 5.86. The fraction of sp³-hybridized carbons (Fsp3) is 0.400. The lowest BCUT2D eigenvalue weighted by Crippen LogP contribution is -2.44. The van der Waals surface area contributed by atoms with Crippen molar-refractivity contribution in [2.24, 2.45) is 0 Å². The second-order valence-electron chi connectivity index (χ2n) is 9.08. The molecule has 1 saturated heterocycles. The number of anilines is 1. The van der Waals surface area contributed by atoms with Gasteiger partial charge in [-0.3, -0.25) is 19.3 Å². The molecular weight excluding hydrogens is 442 g/mol. The van der Waals surface area contributed by atoms with Gasteiger partial charge in [0.05, 0.1) is 6.61 Å². The second-order valence-corrected chi connectivity index (χ2v) is 9.51. The number of carbonyl (C=O) groups is 3. The Morgan fingerprint density at radius 3 is 2.27 bits per heavy atom. The first-order valence-corrected chi connectivity index (χ1v) is 11.2. The molecule has 0 aromatic heterocycles. The summed E-state index contributed by atoms with van der Waals surface area (Å²) in [5.74, 6) is -0.727. The molecule has 3 rings (SSSR count). The number of carbonyl (C=O) groups excluding carboxylic acids is 3. The van der Waals surface area contributed by atoms with Crippen molar-refractivity contribution < 1.29 is 19.1 Å². The standard InChI is InChI=1S/C25H30ClN3O4/c1-25(2,3)19-7-5-18(6-8-19)24(32)27(13-14-33-4)15-22(30)28-16-23(31)29(17-28)21-11-9-20(26)10-12-21/h5-12H,13-17H2,1-4H3. The van der Waals surface area contributed by atoms with Crippen molar-refractivity contribution in [1.82, 2.24) is 9.80 Å². The molecule has 0 aliphatic carbocycles. The molecule has 3 amide bonds. The lowest BCUT2D eigenvalue weighted by atomic mass is 9.86. The zero-order valence-electron chi connectivity index (χ0n) is 19.5. The number of nitrogens with zero attached hydrogens (tertiary/aromatic N) is 3. The minimum atomic E-state index is -0.296. The lowest BCUT2D eigenvalue weighted by Gasteiger charge is -2.25. The van der Waals surface area contributed by atoms with Gasteiger partial charge in [-0.05, 0) is 47.4 Å². The van der Waals surface area contributed by atoms with Crippen molar-refractivity contribution >= 4 is 35.0 Å². The molecule has 0 N–H and O–H groups in total. The normalized spacial score (nSPS) is 14.0.